The highest BCUT2D eigenvalue weighted by molar-refractivity contribution is 7.99. The third-order valence-corrected chi connectivity index (χ3v) is 5.96. The summed E-state index contributed by atoms with van der Waals surface area (Å²) < 4.78 is 4.45. The van der Waals surface area contributed by atoms with Gasteiger partial charge in [0.1, 0.15) is 0 Å². The van der Waals surface area contributed by atoms with E-state index in [4.69, 9.17) is 11.6 Å². The number of thioether (sulfide) groups is 1. The second-order valence-corrected chi connectivity index (χ2v) is 8.16. The molecule has 0 aliphatic heterocycles. The molecule has 0 saturated heterocycles. The first kappa shape index (κ1) is 18.8. The molecule has 0 N–H and O–H groups in total. The third-order valence-electron chi connectivity index (χ3n) is 4.45. The summed E-state index contributed by atoms with van der Waals surface area (Å²) in [4.78, 5) is 29.7. The number of halogens is 1. The van der Waals surface area contributed by atoms with E-state index in [0.717, 1.165) is 21.7 Å². The molecule has 2 heterocycles. The van der Waals surface area contributed by atoms with Gasteiger partial charge in [0.15, 0.2) is 16.3 Å². The summed E-state index contributed by atoms with van der Waals surface area (Å²) in [5.41, 5.74) is 1.16. The predicted molar refractivity (Wildman–Crippen MR) is 106 cm³/mol. The van der Waals surface area contributed by atoms with Gasteiger partial charge in [0.25, 0.3) is 5.56 Å². The van der Waals surface area contributed by atoms with E-state index >= 15 is 0 Å². The van der Waals surface area contributed by atoms with E-state index in [9.17, 15) is 9.59 Å². The normalized spacial score (nSPS) is 12.7. The van der Waals surface area contributed by atoms with Gasteiger partial charge >= 0.3 is 5.69 Å². The summed E-state index contributed by atoms with van der Waals surface area (Å²) in [6.45, 7) is 4.71. The van der Waals surface area contributed by atoms with E-state index in [2.05, 4.69) is 18.8 Å². The Morgan fingerprint density at radius 2 is 1.81 bits per heavy atom. The fraction of sp³-hybridized carbons (Fsp3) is 0.389. The summed E-state index contributed by atoms with van der Waals surface area (Å²) in [7, 11) is 3.13. The van der Waals surface area contributed by atoms with Crippen molar-refractivity contribution in [2.75, 3.05) is 0 Å². The summed E-state index contributed by atoms with van der Waals surface area (Å²) >= 11 is 7.59. The Hall–Kier alpha value is -1.99. The fourth-order valence-corrected chi connectivity index (χ4v) is 3.77. The molecule has 0 spiro atoms. The Balaban J connectivity index is 2.25. The van der Waals surface area contributed by atoms with Crippen LogP contribution in [0.4, 0.5) is 0 Å². The fourth-order valence-electron chi connectivity index (χ4n) is 2.70. The van der Waals surface area contributed by atoms with Crippen molar-refractivity contribution in [3.8, 4) is 0 Å². The second-order valence-electron chi connectivity index (χ2n) is 6.32. The van der Waals surface area contributed by atoms with Crippen molar-refractivity contribution in [2.24, 2.45) is 14.1 Å². The molecular weight excluding hydrogens is 372 g/mol. The molecule has 0 amide bonds. The molecule has 8 heteroatoms. The van der Waals surface area contributed by atoms with Crippen molar-refractivity contribution in [1.82, 2.24) is 18.7 Å². The topological polar surface area (TPSA) is 61.8 Å². The molecule has 0 radical (unpaired) electrons. The molecule has 3 aromatic rings. The van der Waals surface area contributed by atoms with Gasteiger partial charge in [0.2, 0.25) is 0 Å². The molecule has 3 rings (SSSR count). The average molecular weight is 393 g/mol. The molecule has 0 saturated carbocycles. The highest BCUT2D eigenvalue weighted by Gasteiger charge is 2.20. The molecule has 1 atom stereocenters. The summed E-state index contributed by atoms with van der Waals surface area (Å²) in [5.74, 6) is 0. The van der Waals surface area contributed by atoms with Crippen LogP contribution in [0.15, 0.2) is 39.0 Å². The van der Waals surface area contributed by atoms with Gasteiger partial charge in [0, 0.05) is 24.4 Å². The number of hydrogen-bond acceptors (Lipinski definition) is 4. The van der Waals surface area contributed by atoms with E-state index in [0.29, 0.717) is 28.0 Å². The van der Waals surface area contributed by atoms with E-state index in [1.54, 1.807) is 18.8 Å². The van der Waals surface area contributed by atoms with Crippen LogP contribution in [0.1, 0.15) is 25.8 Å². The molecule has 138 valence electrons. The third kappa shape index (κ3) is 3.33. The Bertz CT molecular complexity index is 1070. The Labute approximate surface area is 160 Å². The minimum atomic E-state index is -0.376. The number of nitrogens with zero attached hydrogens (tertiary/aromatic N) is 4. The smallest absolute Gasteiger partial charge is 0.309 e. The van der Waals surface area contributed by atoms with Crippen LogP contribution >= 0.6 is 23.4 Å². The lowest BCUT2D eigenvalue weighted by Crippen LogP contribution is -2.37. The maximum absolute atomic E-state index is 12.8. The number of fused-ring (bicyclic) bond motifs is 1. The van der Waals surface area contributed by atoms with Crippen LogP contribution in [0.3, 0.4) is 0 Å². The van der Waals surface area contributed by atoms with Gasteiger partial charge in [-0.1, -0.05) is 49.3 Å². The van der Waals surface area contributed by atoms with E-state index in [1.165, 1.54) is 11.6 Å². The van der Waals surface area contributed by atoms with Gasteiger partial charge in [-0.2, -0.15) is 0 Å². The summed E-state index contributed by atoms with van der Waals surface area (Å²) in [6, 6.07) is 7.51. The van der Waals surface area contributed by atoms with Crippen LogP contribution in [0.5, 0.6) is 0 Å². The average Bonchev–Trinajstić information content (AvgIpc) is 2.98. The van der Waals surface area contributed by atoms with Crippen LogP contribution in [0.2, 0.25) is 5.02 Å². The van der Waals surface area contributed by atoms with Crippen molar-refractivity contribution in [3.63, 3.8) is 0 Å². The first-order valence-electron chi connectivity index (χ1n) is 8.40. The zero-order valence-corrected chi connectivity index (χ0v) is 16.8. The maximum Gasteiger partial charge on any atom is 0.332 e. The molecule has 0 aliphatic carbocycles. The number of aryl methyl sites for hydroxylation is 1. The zero-order valence-electron chi connectivity index (χ0n) is 15.2. The second kappa shape index (κ2) is 7.32. The minimum absolute atomic E-state index is 0.333. The standard InChI is InChI=1S/C18H21ClN4O2S/c1-5-11(2)26-17-20-15-14(16(24)22(4)18(25)21(15)3)23(17)10-12-6-8-13(19)9-7-12/h6-9,11H,5,10H2,1-4H3/t11-/m1/s1. The zero-order chi connectivity index (χ0) is 19.0. The van der Waals surface area contributed by atoms with Crippen LogP contribution in [0, 0.1) is 0 Å². The van der Waals surface area contributed by atoms with Gasteiger partial charge < -0.3 is 4.57 Å². The van der Waals surface area contributed by atoms with Crippen molar-refractivity contribution >= 4 is 34.5 Å². The van der Waals surface area contributed by atoms with Gasteiger partial charge in [-0.3, -0.25) is 13.9 Å². The van der Waals surface area contributed by atoms with Crippen molar-refractivity contribution in [2.45, 2.75) is 37.2 Å². The van der Waals surface area contributed by atoms with Gasteiger partial charge in [0.05, 0.1) is 6.54 Å². The number of aromatic nitrogens is 4. The summed E-state index contributed by atoms with van der Waals surface area (Å²) in [6.07, 6.45) is 0.978. The van der Waals surface area contributed by atoms with Crippen molar-refractivity contribution < 1.29 is 0 Å². The molecule has 26 heavy (non-hydrogen) atoms. The number of hydrogen-bond donors (Lipinski definition) is 0. The molecule has 0 unspecified atom stereocenters. The first-order chi connectivity index (χ1) is 12.3. The number of benzene rings is 1. The first-order valence-corrected chi connectivity index (χ1v) is 9.66. The SMILES string of the molecule is CC[C@@H](C)Sc1nc2c(c(=O)n(C)c(=O)n2C)n1Cc1ccc(Cl)cc1. The lowest BCUT2D eigenvalue weighted by Gasteiger charge is -2.12. The monoisotopic (exact) mass is 392 g/mol. The lowest BCUT2D eigenvalue weighted by molar-refractivity contribution is 0.696. The quantitative estimate of drug-likeness (QED) is 0.626. The molecule has 1 aromatic carbocycles. The maximum atomic E-state index is 12.8. The van der Waals surface area contributed by atoms with E-state index < -0.39 is 0 Å². The predicted octanol–water partition coefficient (Wildman–Crippen LogP) is 3.03. The Kier molecular flexibility index (Phi) is 5.29. The van der Waals surface area contributed by atoms with Crippen LogP contribution in [-0.4, -0.2) is 23.9 Å². The van der Waals surface area contributed by atoms with Crippen LogP contribution in [0.25, 0.3) is 11.2 Å². The van der Waals surface area contributed by atoms with E-state index in [-0.39, 0.29) is 11.2 Å². The highest BCUT2D eigenvalue weighted by Crippen LogP contribution is 2.27. The van der Waals surface area contributed by atoms with Crippen molar-refractivity contribution in [1.29, 1.82) is 0 Å². The molecule has 0 bridgehead atoms. The molecule has 0 aliphatic rings. The Morgan fingerprint density at radius 3 is 2.42 bits per heavy atom. The van der Waals surface area contributed by atoms with Gasteiger partial charge in [-0.05, 0) is 24.1 Å². The highest BCUT2D eigenvalue weighted by atomic mass is 35.5. The minimum Gasteiger partial charge on any atom is -0.309 e. The molecular formula is C18H21ClN4O2S. The van der Waals surface area contributed by atoms with E-state index in [1.807, 2.05) is 28.8 Å². The molecule has 0 fully saturated rings. The molecule has 2 aromatic heterocycles. The van der Waals surface area contributed by atoms with Crippen molar-refractivity contribution in [3.05, 3.63) is 55.7 Å². The molecule has 6 nitrogen and oxygen atoms in total. The number of imidazole rings is 1. The van der Waals surface area contributed by atoms with Crippen LogP contribution in [-0.2, 0) is 20.6 Å². The largest absolute Gasteiger partial charge is 0.332 e. The van der Waals surface area contributed by atoms with Crippen LogP contribution < -0.4 is 11.2 Å². The summed E-state index contributed by atoms with van der Waals surface area (Å²) in [5, 5.41) is 1.75. The number of rotatable bonds is 5. The Morgan fingerprint density at radius 1 is 1.15 bits per heavy atom. The lowest BCUT2D eigenvalue weighted by atomic mass is 10.2. The van der Waals surface area contributed by atoms with Gasteiger partial charge in [-0.15, -0.1) is 0 Å². The van der Waals surface area contributed by atoms with Gasteiger partial charge in [-0.25, -0.2) is 9.78 Å².